The average Bonchev–Trinajstić information content (AvgIpc) is 2.67. The molecule has 16 heavy (non-hydrogen) atoms. The van der Waals surface area contributed by atoms with Gasteiger partial charge >= 0.3 is 0 Å². The third-order valence-electron chi connectivity index (χ3n) is 2.83. The van der Waals surface area contributed by atoms with E-state index < -0.39 is 6.10 Å². The first-order valence-electron chi connectivity index (χ1n) is 5.34. The summed E-state index contributed by atoms with van der Waals surface area (Å²) in [7, 11) is 0. The quantitative estimate of drug-likeness (QED) is 0.810. The van der Waals surface area contributed by atoms with Gasteiger partial charge in [0.05, 0.1) is 5.69 Å². The summed E-state index contributed by atoms with van der Waals surface area (Å²) in [5.41, 5.74) is 5.14. The van der Waals surface area contributed by atoms with Crippen LogP contribution in [0.15, 0.2) is 24.4 Å². The van der Waals surface area contributed by atoms with Gasteiger partial charge in [0.15, 0.2) is 0 Å². The summed E-state index contributed by atoms with van der Waals surface area (Å²) >= 11 is 0. The van der Waals surface area contributed by atoms with Crippen molar-refractivity contribution in [2.24, 2.45) is 0 Å². The Kier molecular flexibility index (Phi) is 2.79. The first-order chi connectivity index (χ1) is 7.59. The molecule has 1 heterocycles. The van der Waals surface area contributed by atoms with Crippen LogP contribution in [0.25, 0.3) is 0 Å². The molecule has 1 aromatic heterocycles. The van der Waals surface area contributed by atoms with Crippen molar-refractivity contribution in [3.63, 3.8) is 0 Å². The second-order valence-corrected chi connectivity index (χ2v) is 4.23. The molecule has 0 aliphatic rings. The molecule has 0 bridgehead atoms. The Morgan fingerprint density at radius 2 is 1.81 bits per heavy atom. The number of aliphatic hydroxyl groups is 1. The molecule has 0 aliphatic heterocycles. The van der Waals surface area contributed by atoms with Gasteiger partial charge in [-0.1, -0.05) is 17.7 Å². The minimum Gasteiger partial charge on any atom is -0.382 e. The van der Waals surface area contributed by atoms with Crippen LogP contribution in [0.5, 0.6) is 0 Å². The van der Waals surface area contributed by atoms with E-state index in [1.165, 1.54) is 5.56 Å². The van der Waals surface area contributed by atoms with Crippen LogP contribution in [-0.2, 0) is 0 Å². The van der Waals surface area contributed by atoms with E-state index in [-0.39, 0.29) is 0 Å². The lowest BCUT2D eigenvalue weighted by molar-refractivity contribution is 0.213. The van der Waals surface area contributed by atoms with Crippen molar-refractivity contribution < 1.29 is 5.11 Å². The number of aryl methyl sites for hydroxylation is 3. The molecule has 2 N–H and O–H groups in total. The Hall–Kier alpha value is -1.61. The van der Waals surface area contributed by atoms with Gasteiger partial charge in [0.25, 0.3) is 0 Å². The molecule has 0 fully saturated rings. The second kappa shape index (κ2) is 4.10. The Morgan fingerprint density at radius 1 is 1.19 bits per heavy atom. The maximum Gasteiger partial charge on any atom is 0.121 e. The van der Waals surface area contributed by atoms with E-state index in [2.05, 4.69) is 29.3 Å². The number of nitrogens with one attached hydrogen (secondary N) is 1. The van der Waals surface area contributed by atoms with Crippen LogP contribution in [0, 0.1) is 20.8 Å². The first-order valence-corrected chi connectivity index (χ1v) is 5.34. The number of H-pyrrole nitrogens is 1. The van der Waals surface area contributed by atoms with E-state index in [4.69, 9.17) is 0 Å². The fraction of sp³-hybridized carbons (Fsp3) is 0.308. The molecule has 0 amide bonds. The SMILES string of the molecule is Cc1cc(C)c(C(O)c2ccn[nH]2)c(C)c1. The highest BCUT2D eigenvalue weighted by molar-refractivity contribution is 5.41. The van der Waals surface area contributed by atoms with Crippen molar-refractivity contribution in [3.8, 4) is 0 Å². The molecule has 0 saturated heterocycles. The van der Waals surface area contributed by atoms with Gasteiger partial charge < -0.3 is 5.11 Å². The largest absolute Gasteiger partial charge is 0.382 e. The minimum absolute atomic E-state index is 0.622. The fourth-order valence-electron chi connectivity index (χ4n) is 2.20. The topological polar surface area (TPSA) is 48.9 Å². The van der Waals surface area contributed by atoms with Crippen molar-refractivity contribution in [3.05, 3.63) is 52.3 Å². The minimum atomic E-state index is -0.622. The zero-order valence-corrected chi connectivity index (χ0v) is 9.78. The van der Waals surface area contributed by atoms with Crippen molar-refractivity contribution in [1.82, 2.24) is 10.2 Å². The lowest BCUT2D eigenvalue weighted by atomic mass is 9.94. The highest BCUT2D eigenvalue weighted by atomic mass is 16.3. The van der Waals surface area contributed by atoms with Gasteiger partial charge in [0, 0.05) is 6.20 Å². The number of aromatic amines is 1. The standard InChI is InChI=1S/C13H16N2O/c1-8-6-9(2)12(10(3)7-8)13(16)11-4-5-14-15-11/h4-7,13,16H,1-3H3,(H,14,15). The third kappa shape index (κ3) is 1.86. The first kappa shape index (κ1) is 10.9. The Labute approximate surface area is 95.1 Å². The van der Waals surface area contributed by atoms with E-state index in [9.17, 15) is 5.11 Å². The summed E-state index contributed by atoms with van der Waals surface area (Å²) in [6, 6.07) is 5.97. The zero-order valence-electron chi connectivity index (χ0n) is 9.78. The van der Waals surface area contributed by atoms with Crippen molar-refractivity contribution >= 4 is 0 Å². The van der Waals surface area contributed by atoms with Gasteiger partial charge in [-0.2, -0.15) is 5.10 Å². The van der Waals surface area contributed by atoms with Gasteiger partial charge in [-0.3, -0.25) is 5.10 Å². The fourth-order valence-corrected chi connectivity index (χ4v) is 2.20. The summed E-state index contributed by atoms with van der Waals surface area (Å²) < 4.78 is 0. The Morgan fingerprint density at radius 3 is 2.31 bits per heavy atom. The summed E-state index contributed by atoms with van der Waals surface area (Å²) in [5, 5.41) is 16.9. The molecule has 0 radical (unpaired) electrons. The van der Waals surface area contributed by atoms with E-state index in [0.29, 0.717) is 0 Å². The molecule has 2 rings (SSSR count). The van der Waals surface area contributed by atoms with E-state index in [1.807, 2.05) is 13.8 Å². The van der Waals surface area contributed by atoms with Gasteiger partial charge in [-0.05, 0) is 43.5 Å². The predicted molar refractivity (Wildman–Crippen MR) is 63.3 cm³/mol. The normalized spacial score (nSPS) is 12.8. The van der Waals surface area contributed by atoms with Crippen LogP contribution >= 0.6 is 0 Å². The molecule has 1 atom stereocenters. The van der Waals surface area contributed by atoms with Gasteiger partial charge in [-0.25, -0.2) is 0 Å². The third-order valence-corrected chi connectivity index (χ3v) is 2.83. The summed E-state index contributed by atoms with van der Waals surface area (Å²) in [5.74, 6) is 0. The molecule has 0 saturated carbocycles. The number of hydrogen-bond acceptors (Lipinski definition) is 2. The number of nitrogens with zero attached hydrogens (tertiary/aromatic N) is 1. The summed E-state index contributed by atoms with van der Waals surface area (Å²) in [6.45, 7) is 6.11. The van der Waals surface area contributed by atoms with Gasteiger partial charge in [0.2, 0.25) is 0 Å². The van der Waals surface area contributed by atoms with Crippen LogP contribution in [0.3, 0.4) is 0 Å². The molecular formula is C13H16N2O. The van der Waals surface area contributed by atoms with Gasteiger partial charge in [-0.15, -0.1) is 0 Å². The molecule has 2 aromatic rings. The number of aromatic nitrogens is 2. The molecule has 1 unspecified atom stereocenters. The Balaban J connectivity index is 2.48. The number of rotatable bonds is 2. The lowest BCUT2D eigenvalue weighted by Crippen LogP contribution is -2.05. The maximum atomic E-state index is 10.3. The number of hydrogen-bond donors (Lipinski definition) is 2. The average molecular weight is 216 g/mol. The monoisotopic (exact) mass is 216 g/mol. The Bertz CT molecular complexity index is 466. The number of benzene rings is 1. The molecular weight excluding hydrogens is 200 g/mol. The van der Waals surface area contributed by atoms with Crippen LogP contribution in [0.2, 0.25) is 0 Å². The van der Waals surface area contributed by atoms with E-state index in [1.54, 1.807) is 12.3 Å². The predicted octanol–water partition coefficient (Wildman–Crippen LogP) is 2.42. The lowest BCUT2D eigenvalue weighted by Gasteiger charge is -2.16. The summed E-state index contributed by atoms with van der Waals surface area (Å²) in [6.07, 6.45) is 1.03. The van der Waals surface area contributed by atoms with Crippen LogP contribution in [0.1, 0.15) is 34.1 Å². The maximum absolute atomic E-state index is 10.3. The molecule has 3 heteroatoms. The molecule has 0 aliphatic carbocycles. The molecule has 84 valence electrons. The van der Waals surface area contributed by atoms with Gasteiger partial charge in [0.1, 0.15) is 6.10 Å². The van der Waals surface area contributed by atoms with E-state index >= 15 is 0 Å². The van der Waals surface area contributed by atoms with Crippen LogP contribution in [-0.4, -0.2) is 15.3 Å². The highest BCUT2D eigenvalue weighted by Gasteiger charge is 2.16. The van der Waals surface area contributed by atoms with E-state index in [0.717, 1.165) is 22.4 Å². The summed E-state index contributed by atoms with van der Waals surface area (Å²) in [4.78, 5) is 0. The highest BCUT2D eigenvalue weighted by Crippen LogP contribution is 2.27. The van der Waals surface area contributed by atoms with Crippen molar-refractivity contribution in [2.45, 2.75) is 26.9 Å². The zero-order chi connectivity index (χ0) is 11.7. The molecule has 0 spiro atoms. The molecule has 1 aromatic carbocycles. The second-order valence-electron chi connectivity index (χ2n) is 4.23. The number of aliphatic hydroxyl groups excluding tert-OH is 1. The van der Waals surface area contributed by atoms with Crippen LogP contribution in [0.4, 0.5) is 0 Å². The smallest absolute Gasteiger partial charge is 0.121 e. The van der Waals surface area contributed by atoms with Crippen molar-refractivity contribution in [1.29, 1.82) is 0 Å². The van der Waals surface area contributed by atoms with Crippen molar-refractivity contribution in [2.75, 3.05) is 0 Å². The molecule has 3 nitrogen and oxygen atoms in total. The van der Waals surface area contributed by atoms with Crippen LogP contribution < -0.4 is 0 Å².